The number of nitrogens with one attached hydrogen (secondary N) is 1. The molecule has 20 heavy (non-hydrogen) atoms. The fourth-order valence-corrected chi connectivity index (χ4v) is 2.14. The second-order valence-corrected chi connectivity index (χ2v) is 4.65. The molecule has 0 aliphatic rings. The van der Waals surface area contributed by atoms with Crippen molar-refractivity contribution in [3.05, 3.63) is 40.5 Å². The number of nitrogens with two attached hydrogens (primary N) is 1. The Bertz CT molecular complexity index is 546. The second kappa shape index (κ2) is 8.82. The number of thiazole rings is 1. The van der Waals surface area contributed by atoms with Crippen LogP contribution in [0.4, 0.5) is 5.82 Å². The first-order valence-corrected chi connectivity index (χ1v) is 6.56. The minimum absolute atomic E-state index is 0. The van der Waals surface area contributed by atoms with Gasteiger partial charge < -0.3 is 15.8 Å². The Labute approximate surface area is 138 Å². The van der Waals surface area contributed by atoms with Gasteiger partial charge in [-0.3, -0.25) is 0 Å². The molecular formula is C12H16IN5OS. The van der Waals surface area contributed by atoms with E-state index >= 15 is 0 Å². The molecule has 6 nitrogen and oxygen atoms in total. The summed E-state index contributed by atoms with van der Waals surface area (Å²) >= 11 is 1.55. The summed E-state index contributed by atoms with van der Waals surface area (Å²) in [4.78, 5) is 12.7. The zero-order valence-corrected chi connectivity index (χ0v) is 14.1. The highest BCUT2D eigenvalue weighted by atomic mass is 127. The average Bonchev–Trinajstić information content (AvgIpc) is 2.86. The van der Waals surface area contributed by atoms with Gasteiger partial charge in [0.2, 0.25) is 0 Å². The molecule has 0 aliphatic heterocycles. The van der Waals surface area contributed by atoms with Crippen molar-refractivity contribution in [3.8, 4) is 0 Å². The van der Waals surface area contributed by atoms with Gasteiger partial charge >= 0.3 is 0 Å². The summed E-state index contributed by atoms with van der Waals surface area (Å²) in [6.45, 7) is 0.960. The Morgan fingerprint density at radius 1 is 1.50 bits per heavy atom. The highest BCUT2D eigenvalue weighted by molar-refractivity contribution is 14.0. The maximum Gasteiger partial charge on any atom is 0.194 e. The SMILES string of the molecule is COCc1nc(CN=C(N)Nc2ccccn2)cs1.I. The van der Waals surface area contributed by atoms with Crippen LogP contribution < -0.4 is 11.1 Å². The van der Waals surface area contributed by atoms with Crippen LogP contribution in [0.3, 0.4) is 0 Å². The zero-order valence-electron chi connectivity index (χ0n) is 10.9. The van der Waals surface area contributed by atoms with Crippen molar-refractivity contribution < 1.29 is 4.74 Å². The van der Waals surface area contributed by atoms with Crippen LogP contribution >= 0.6 is 35.3 Å². The number of aromatic nitrogens is 2. The maximum absolute atomic E-state index is 5.77. The third-order valence-electron chi connectivity index (χ3n) is 2.20. The predicted octanol–water partition coefficient (Wildman–Crippen LogP) is 2.23. The van der Waals surface area contributed by atoms with E-state index in [-0.39, 0.29) is 24.0 Å². The molecule has 0 spiro atoms. The van der Waals surface area contributed by atoms with E-state index in [0.29, 0.717) is 24.9 Å². The number of hydrogen-bond donors (Lipinski definition) is 2. The normalized spacial score (nSPS) is 10.9. The third-order valence-corrected chi connectivity index (χ3v) is 3.07. The largest absolute Gasteiger partial charge is 0.378 e. The van der Waals surface area contributed by atoms with Crippen molar-refractivity contribution in [3.63, 3.8) is 0 Å². The van der Waals surface area contributed by atoms with Gasteiger partial charge in [-0.1, -0.05) is 6.07 Å². The number of aliphatic imine (C=N–C) groups is 1. The summed E-state index contributed by atoms with van der Waals surface area (Å²) in [7, 11) is 1.65. The molecule has 0 amide bonds. The summed E-state index contributed by atoms with van der Waals surface area (Å²) in [5, 5.41) is 5.80. The topological polar surface area (TPSA) is 85.4 Å². The molecule has 2 aromatic rings. The van der Waals surface area contributed by atoms with Crippen LogP contribution in [0.2, 0.25) is 0 Å². The monoisotopic (exact) mass is 405 g/mol. The number of pyridine rings is 1. The predicted molar refractivity (Wildman–Crippen MR) is 91.4 cm³/mol. The molecular weight excluding hydrogens is 389 g/mol. The molecule has 0 saturated carbocycles. The number of nitrogens with zero attached hydrogens (tertiary/aromatic N) is 3. The first-order valence-electron chi connectivity index (χ1n) is 5.68. The van der Waals surface area contributed by atoms with Gasteiger partial charge in [-0.15, -0.1) is 35.3 Å². The standard InChI is InChI=1S/C12H15N5OS.HI/c1-18-7-11-16-9(8-19-11)6-15-12(13)17-10-4-2-3-5-14-10;/h2-5,8H,6-7H2,1H3,(H3,13,14,15,17);1H. The van der Waals surface area contributed by atoms with Crippen LogP contribution in [0, 0.1) is 0 Å². The van der Waals surface area contributed by atoms with Crippen LogP contribution in [0.15, 0.2) is 34.8 Å². The molecule has 3 N–H and O–H groups in total. The Morgan fingerprint density at radius 3 is 3.05 bits per heavy atom. The molecule has 0 bridgehead atoms. The number of halogens is 1. The third kappa shape index (κ3) is 5.39. The minimum atomic E-state index is 0. The Hall–Kier alpha value is -1.26. The zero-order chi connectivity index (χ0) is 13.5. The molecule has 2 aromatic heterocycles. The van der Waals surface area contributed by atoms with Gasteiger partial charge in [0.05, 0.1) is 18.8 Å². The van der Waals surface area contributed by atoms with Crippen molar-refractivity contribution in [2.24, 2.45) is 10.7 Å². The summed E-state index contributed by atoms with van der Waals surface area (Å²) in [5.41, 5.74) is 6.65. The summed E-state index contributed by atoms with van der Waals surface area (Å²) in [6.07, 6.45) is 1.69. The van der Waals surface area contributed by atoms with Crippen LogP contribution in [-0.2, 0) is 17.9 Å². The van der Waals surface area contributed by atoms with Gasteiger partial charge in [0, 0.05) is 18.7 Å². The Kier molecular flexibility index (Phi) is 7.41. The van der Waals surface area contributed by atoms with E-state index in [2.05, 4.69) is 20.3 Å². The van der Waals surface area contributed by atoms with Gasteiger partial charge in [0.15, 0.2) is 5.96 Å². The lowest BCUT2D eigenvalue weighted by Crippen LogP contribution is -2.23. The molecule has 0 saturated heterocycles. The fraction of sp³-hybridized carbons (Fsp3) is 0.250. The molecule has 0 radical (unpaired) electrons. The lowest BCUT2D eigenvalue weighted by atomic mass is 10.4. The van der Waals surface area contributed by atoms with Gasteiger partial charge in [-0.05, 0) is 12.1 Å². The van der Waals surface area contributed by atoms with Crippen molar-refractivity contribution >= 4 is 47.1 Å². The van der Waals surface area contributed by atoms with E-state index in [1.165, 1.54) is 0 Å². The van der Waals surface area contributed by atoms with E-state index in [1.807, 2.05) is 23.6 Å². The van der Waals surface area contributed by atoms with Gasteiger partial charge in [0.1, 0.15) is 10.8 Å². The van der Waals surface area contributed by atoms with Gasteiger partial charge in [-0.2, -0.15) is 0 Å². The molecule has 0 aromatic carbocycles. The number of rotatable bonds is 5. The number of hydrogen-bond acceptors (Lipinski definition) is 5. The van der Waals surface area contributed by atoms with E-state index in [0.717, 1.165) is 10.7 Å². The molecule has 8 heteroatoms. The maximum atomic E-state index is 5.77. The fourth-order valence-electron chi connectivity index (χ4n) is 1.38. The van der Waals surface area contributed by atoms with Crippen LogP contribution in [-0.4, -0.2) is 23.0 Å². The number of methoxy groups -OCH3 is 1. The number of guanidine groups is 1. The number of ether oxygens (including phenoxy) is 1. The first kappa shape index (κ1) is 16.8. The molecule has 2 rings (SSSR count). The van der Waals surface area contributed by atoms with E-state index in [4.69, 9.17) is 10.5 Å². The van der Waals surface area contributed by atoms with Crippen LogP contribution in [0.25, 0.3) is 0 Å². The van der Waals surface area contributed by atoms with Crippen molar-refractivity contribution in [2.75, 3.05) is 12.4 Å². The van der Waals surface area contributed by atoms with Crippen LogP contribution in [0.5, 0.6) is 0 Å². The van der Waals surface area contributed by atoms with Crippen molar-refractivity contribution in [2.45, 2.75) is 13.2 Å². The lowest BCUT2D eigenvalue weighted by Gasteiger charge is -2.03. The molecule has 108 valence electrons. The lowest BCUT2D eigenvalue weighted by molar-refractivity contribution is 0.184. The molecule has 0 aliphatic carbocycles. The van der Waals surface area contributed by atoms with E-state index < -0.39 is 0 Å². The molecule has 0 fully saturated rings. The second-order valence-electron chi connectivity index (χ2n) is 3.71. The highest BCUT2D eigenvalue weighted by Crippen LogP contribution is 2.11. The molecule has 0 unspecified atom stereocenters. The van der Waals surface area contributed by atoms with Crippen molar-refractivity contribution in [1.29, 1.82) is 0 Å². The summed E-state index contributed by atoms with van der Waals surface area (Å²) in [6, 6.07) is 5.53. The molecule has 0 atom stereocenters. The Balaban J connectivity index is 0.00000200. The van der Waals surface area contributed by atoms with Crippen molar-refractivity contribution in [1.82, 2.24) is 9.97 Å². The van der Waals surface area contributed by atoms with E-state index in [1.54, 1.807) is 24.6 Å². The smallest absolute Gasteiger partial charge is 0.194 e. The van der Waals surface area contributed by atoms with Crippen LogP contribution in [0.1, 0.15) is 10.7 Å². The quantitative estimate of drug-likeness (QED) is 0.453. The first-order chi connectivity index (χ1) is 9.28. The van der Waals surface area contributed by atoms with Gasteiger partial charge in [-0.25, -0.2) is 15.0 Å². The summed E-state index contributed by atoms with van der Waals surface area (Å²) < 4.78 is 5.01. The highest BCUT2D eigenvalue weighted by Gasteiger charge is 2.01. The number of anilines is 1. The average molecular weight is 405 g/mol. The minimum Gasteiger partial charge on any atom is -0.378 e. The molecule has 2 heterocycles. The van der Waals surface area contributed by atoms with Gasteiger partial charge in [0.25, 0.3) is 0 Å². The Morgan fingerprint density at radius 2 is 2.35 bits per heavy atom. The summed E-state index contributed by atoms with van der Waals surface area (Å²) in [5.74, 6) is 0.988. The van der Waals surface area contributed by atoms with E-state index in [9.17, 15) is 0 Å².